The summed E-state index contributed by atoms with van der Waals surface area (Å²) in [6.07, 6.45) is 0.389. The molecule has 1 aliphatic rings. The molecule has 0 atom stereocenters. The molecular weight excluding hydrogens is 358 g/mol. The Hall–Kier alpha value is -3.00. The van der Waals surface area contributed by atoms with Gasteiger partial charge in [-0.25, -0.2) is 9.49 Å². The Labute approximate surface area is 162 Å². The van der Waals surface area contributed by atoms with Crippen LogP contribution in [-0.2, 0) is 6.42 Å². The van der Waals surface area contributed by atoms with Crippen molar-refractivity contribution in [3.05, 3.63) is 75.5 Å². The van der Waals surface area contributed by atoms with E-state index in [0.717, 1.165) is 24.0 Å². The Morgan fingerprint density at radius 3 is 2.57 bits per heavy atom. The van der Waals surface area contributed by atoms with E-state index in [4.69, 9.17) is 0 Å². The van der Waals surface area contributed by atoms with E-state index in [2.05, 4.69) is 15.0 Å². The number of nitrogens with zero attached hydrogens (tertiary/aromatic N) is 3. The zero-order valence-corrected chi connectivity index (χ0v) is 15.6. The number of piperazine rings is 1. The highest BCUT2D eigenvalue weighted by atomic mass is 19.1. The van der Waals surface area contributed by atoms with Gasteiger partial charge < -0.3 is 9.71 Å². The summed E-state index contributed by atoms with van der Waals surface area (Å²) in [6, 6.07) is 11.8. The maximum Gasteiger partial charge on any atom is 0.272 e. The Kier molecular flexibility index (Phi) is 4.96. The molecule has 1 amide bonds. The van der Waals surface area contributed by atoms with Gasteiger partial charge in [0.05, 0.1) is 16.6 Å². The number of amides is 1. The molecule has 2 heterocycles. The van der Waals surface area contributed by atoms with Gasteiger partial charge in [-0.1, -0.05) is 24.3 Å². The second kappa shape index (κ2) is 7.56. The molecule has 28 heavy (non-hydrogen) atoms. The summed E-state index contributed by atoms with van der Waals surface area (Å²) in [4.78, 5) is 28.6. The predicted molar refractivity (Wildman–Crippen MR) is 108 cm³/mol. The molecule has 0 aliphatic carbocycles. The molecule has 1 aliphatic heterocycles. The molecule has 6 nitrogen and oxygen atoms in total. The second-order valence-electron chi connectivity index (χ2n) is 7.13. The number of halogens is 1. The van der Waals surface area contributed by atoms with E-state index in [0.29, 0.717) is 30.6 Å². The molecule has 1 aromatic heterocycles. The third-order valence-electron chi connectivity index (χ3n) is 5.20. The molecule has 1 N–H and O–H groups in total. The first kappa shape index (κ1) is 18.4. The molecule has 1 fully saturated rings. The summed E-state index contributed by atoms with van der Waals surface area (Å²) in [6.45, 7) is 2.73. The van der Waals surface area contributed by atoms with E-state index in [1.165, 1.54) is 6.07 Å². The predicted octanol–water partition coefficient (Wildman–Crippen LogP) is 0.959. The highest BCUT2D eigenvalue weighted by Crippen LogP contribution is 2.19. The third kappa shape index (κ3) is 3.55. The normalized spacial score (nSPS) is 15.1. The van der Waals surface area contributed by atoms with Gasteiger partial charge in [0.2, 0.25) is 0 Å². The molecule has 0 saturated carbocycles. The highest BCUT2D eigenvalue weighted by molar-refractivity contribution is 6.04. The van der Waals surface area contributed by atoms with Crippen LogP contribution in [0.2, 0.25) is 0 Å². The van der Waals surface area contributed by atoms with E-state index in [9.17, 15) is 14.0 Å². The first-order chi connectivity index (χ1) is 13.5. The minimum atomic E-state index is -0.521. The number of fused-ring (bicyclic) bond motifs is 1. The SMILES string of the molecule is BN1CCN(C(=O)c2cc(Cc3n[nH]c(=O)c4ccccc34)ccc2F)CC1. The summed E-state index contributed by atoms with van der Waals surface area (Å²) in [5, 5.41) is 7.98. The van der Waals surface area contributed by atoms with Crippen molar-refractivity contribution >= 4 is 24.7 Å². The topological polar surface area (TPSA) is 69.3 Å². The first-order valence-electron chi connectivity index (χ1n) is 9.25. The molecule has 0 bridgehead atoms. The lowest BCUT2D eigenvalue weighted by Gasteiger charge is -2.33. The van der Waals surface area contributed by atoms with Crippen molar-refractivity contribution in [2.75, 3.05) is 26.2 Å². The number of carbonyl (C=O) groups excluding carboxylic acids is 1. The minimum absolute atomic E-state index is 0.0794. The summed E-state index contributed by atoms with van der Waals surface area (Å²) in [7, 11) is 2.00. The van der Waals surface area contributed by atoms with Crippen molar-refractivity contribution in [3.8, 4) is 0 Å². The van der Waals surface area contributed by atoms with Crippen LogP contribution < -0.4 is 5.56 Å². The van der Waals surface area contributed by atoms with Gasteiger partial charge in [0.25, 0.3) is 11.5 Å². The smallest absolute Gasteiger partial charge is 0.272 e. The lowest BCUT2D eigenvalue weighted by Crippen LogP contribution is -2.47. The van der Waals surface area contributed by atoms with E-state index in [1.54, 1.807) is 29.2 Å². The first-order valence-corrected chi connectivity index (χ1v) is 9.25. The number of aromatic amines is 1. The summed E-state index contributed by atoms with van der Waals surface area (Å²) in [5.74, 6) is -0.807. The number of benzene rings is 2. The van der Waals surface area contributed by atoms with Crippen LogP contribution in [0.3, 0.4) is 0 Å². The molecule has 4 rings (SSSR count). The van der Waals surface area contributed by atoms with Crippen molar-refractivity contribution in [2.45, 2.75) is 6.42 Å². The summed E-state index contributed by atoms with van der Waals surface area (Å²) >= 11 is 0. The Morgan fingerprint density at radius 2 is 1.82 bits per heavy atom. The lowest BCUT2D eigenvalue weighted by atomic mass is 10.0. The fraction of sp³-hybridized carbons (Fsp3) is 0.250. The van der Waals surface area contributed by atoms with E-state index < -0.39 is 5.82 Å². The van der Waals surface area contributed by atoms with Gasteiger partial charge in [0, 0.05) is 38.0 Å². The molecule has 142 valence electrons. The van der Waals surface area contributed by atoms with Crippen LogP contribution in [0, 0.1) is 5.82 Å². The molecule has 0 spiro atoms. The molecule has 0 radical (unpaired) electrons. The van der Waals surface area contributed by atoms with Crippen LogP contribution in [0.25, 0.3) is 10.8 Å². The number of carbonyl (C=O) groups is 1. The van der Waals surface area contributed by atoms with Gasteiger partial charge >= 0.3 is 0 Å². The van der Waals surface area contributed by atoms with E-state index in [1.807, 2.05) is 20.1 Å². The van der Waals surface area contributed by atoms with Crippen molar-refractivity contribution in [1.29, 1.82) is 0 Å². The number of rotatable bonds is 3. The molecular formula is C20H20BFN4O2. The number of aromatic nitrogens is 2. The van der Waals surface area contributed by atoms with Crippen molar-refractivity contribution < 1.29 is 9.18 Å². The van der Waals surface area contributed by atoms with Crippen LogP contribution in [0.4, 0.5) is 4.39 Å². The quantitative estimate of drug-likeness (QED) is 0.690. The molecule has 8 heteroatoms. The average molecular weight is 378 g/mol. The molecule has 0 unspecified atom stereocenters. The second-order valence-corrected chi connectivity index (χ2v) is 7.13. The standard InChI is InChI=1S/C20H20BFN4O2/c21-26-9-7-25(8-10-26)20(28)16-11-13(5-6-17(16)22)12-18-14-3-1-2-4-15(14)19(27)24-23-18/h1-6,11H,7-10,12,21H2,(H,24,27). The maximum atomic E-state index is 14.4. The Balaban J connectivity index is 1.64. The number of hydrogen-bond acceptors (Lipinski definition) is 4. The van der Waals surface area contributed by atoms with Crippen LogP contribution >= 0.6 is 0 Å². The van der Waals surface area contributed by atoms with Crippen LogP contribution in [0.15, 0.2) is 47.3 Å². The number of nitrogens with one attached hydrogen (secondary N) is 1. The van der Waals surface area contributed by atoms with Gasteiger partial charge in [-0.05, 0) is 23.8 Å². The van der Waals surface area contributed by atoms with Crippen LogP contribution in [-0.4, -0.2) is 60.0 Å². The molecule has 3 aromatic rings. The van der Waals surface area contributed by atoms with Crippen molar-refractivity contribution in [2.24, 2.45) is 0 Å². The molecule has 1 saturated heterocycles. The Bertz CT molecular complexity index is 1090. The highest BCUT2D eigenvalue weighted by Gasteiger charge is 2.23. The largest absolute Gasteiger partial charge is 0.346 e. The molecule has 2 aromatic carbocycles. The van der Waals surface area contributed by atoms with Gasteiger partial charge in [0.15, 0.2) is 7.98 Å². The van der Waals surface area contributed by atoms with Gasteiger partial charge in [-0.15, -0.1) is 0 Å². The lowest BCUT2D eigenvalue weighted by molar-refractivity contribution is 0.0695. The van der Waals surface area contributed by atoms with Crippen molar-refractivity contribution in [1.82, 2.24) is 19.9 Å². The van der Waals surface area contributed by atoms with Crippen molar-refractivity contribution in [3.63, 3.8) is 0 Å². The zero-order valence-electron chi connectivity index (χ0n) is 15.6. The fourth-order valence-corrected chi connectivity index (χ4v) is 3.53. The summed E-state index contributed by atoms with van der Waals surface area (Å²) in [5.41, 5.74) is 1.28. The number of H-pyrrole nitrogens is 1. The minimum Gasteiger partial charge on any atom is -0.346 e. The van der Waals surface area contributed by atoms with Gasteiger partial charge in [-0.2, -0.15) is 5.10 Å². The van der Waals surface area contributed by atoms with Crippen LogP contribution in [0.1, 0.15) is 21.6 Å². The Morgan fingerprint density at radius 1 is 1.11 bits per heavy atom. The average Bonchev–Trinajstić information content (AvgIpc) is 2.72. The number of hydrogen-bond donors (Lipinski definition) is 1. The van der Waals surface area contributed by atoms with Gasteiger partial charge in [-0.3, -0.25) is 9.59 Å². The van der Waals surface area contributed by atoms with Crippen LogP contribution in [0.5, 0.6) is 0 Å². The third-order valence-corrected chi connectivity index (χ3v) is 5.20. The zero-order chi connectivity index (χ0) is 19.7. The van der Waals surface area contributed by atoms with E-state index >= 15 is 0 Å². The monoisotopic (exact) mass is 378 g/mol. The van der Waals surface area contributed by atoms with E-state index in [-0.39, 0.29) is 17.0 Å². The fourth-order valence-electron chi connectivity index (χ4n) is 3.53. The van der Waals surface area contributed by atoms with Gasteiger partial charge in [0.1, 0.15) is 5.82 Å². The maximum absolute atomic E-state index is 14.4. The summed E-state index contributed by atoms with van der Waals surface area (Å²) < 4.78 is 14.4.